The van der Waals surface area contributed by atoms with Crippen molar-refractivity contribution in [1.82, 2.24) is 10.3 Å². The lowest BCUT2D eigenvalue weighted by Crippen LogP contribution is -2.47. The maximum atomic E-state index is 13.0. The number of aromatic nitrogens is 1. The second kappa shape index (κ2) is 9.53. The Bertz CT molecular complexity index is 1130. The van der Waals surface area contributed by atoms with Gasteiger partial charge in [0.25, 0.3) is 5.91 Å². The van der Waals surface area contributed by atoms with Crippen molar-refractivity contribution in [1.29, 1.82) is 0 Å². The van der Waals surface area contributed by atoms with Crippen molar-refractivity contribution in [3.8, 4) is 23.0 Å². The summed E-state index contributed by atoms with van der Waals surface area (Å²) in [6.07, 6.45) is 0. The highest BCUT2D eigenvalue weighted by Gasteiger charge is 2.26. The highest BCUT2D eigenvalue weighted by Crippen LogP contribution is 2.37. The van der Waals surface area contributed by atoms with Gasteiger partial charge >= 0.3 is 0 Å². The summed E-state index contributed by atoms with van der Waals surface area (Å²) in [6.45, 7) is 4.70. The molecule has 0 saturated heterocycles. The Hall–Kier alpha value is -3.53. The zero-order chi connectivity index (χ0) is 23.5. The van der Waals surface area contributed by atoms with Crippen molar-refractivity contribution in [3.05, 3.63) is 35.9 Å². The number of hydrogen-bond acceptors (Lipinski definition) is 8. The highest BCUT2D eigenvalue weighted by atomic mass is 32.1. The van der Waals surface area contributed by atoms with E-state index in [0.717, 1.165) is 4.70 Å². The molecule has 33 heavy (non-hydrogen) atoms. The lowest BCUT2D eigenvalue weighted by atomic mass is 10.0. The van der Waals surface area contributed by atoms with Crippen LogP contribution in [0.3, 0.4) is 0 Å². The molecule has 0 spiro atoms. The first-order chi connectivity index (χ1) is 15.9. The maximum Gasteiger partial charge on any atom is 0.252 e. The number of thiazole rings is 1. The van der Waals surface area contributed by atoms with Gasteiger partial charge in [0.15, 0.2) is 16.6 Å². The van der Waals surface area contributed by atoms with Gasteiger partial charge in [0.1, 0.15) is 30.8 Å². The highest BCUT2D eigenvalue weighted by molar-refractivity contribution is 7.22. The fourth-order valence-electron chi connectivity index (χ4n) is 3.40. The molecular formula is C23H25N3O6S. The number of nitrogens with zero attached hydrogens (tertiary/aromatic N) is 1. The first-order valence-corrected chi connectivity index (χ1v) is 11.2. The van der Waals surface area contributed by atoms with Crippen LogP contribution in [0, 0.1) is 5.92 Å². The fourth-order valence-corrected chi connectivity index (χ4v) is 4.28. The van der Waals surface area contributed by atoms with Crippen LogP contribution in [-0.2, 0) is 4.79 Å². The molecule has 0 unspecified atom stereocenters. The van der Waals surface area contributed by atoms with E-state index in [1.807, 2.05) is 19.9 Å². The van der Waals surface area contributed by atoms with Crippen LogP contribution in [0.1, 0.15) is 24.2 Å². The molecule has 2 N–H and O–H groups in total. The Labute approximate surface area is 195 Å². The largest absolute Gasteiger partial charge is 0.497 e. The Morgan fingerprint density at radius 1 is 1.00 bits per heavy atom. The topological polar surface area (TPSA) is 108 Å². The molecule has 1 aliphatic heterocycles. The SMILES string of the molecule is COc1cc(OC)cc(C(=O)N[C@H](C(=O)Nc2nc3cc4c(cc3s2)OCCO4)C(C)C)c1. The molecule has 174 valence electrons. The van der Waals surface area contributed by atoms with Gasteiger partial charge in [0.2, 0.25) is 5.91 Å². The molecule has 0 saturated carbocycles. The van der Waals surface area contributed by atoms with Crippen LogP contribution < -0.4 is 29.6 Å². The molecule has 2 heterocycles. The number of methoxy groups -OCH3 is 2. The monoisotopic (exact) mass is 471 g/mol. The van der Waals surface area contributed by atoms with Crippen molar-refractivity contribution >= 4 is 38.5 Å². The maximum absolute atomic E-state index is 13.0. The summed E-state index contributed by atoms with van der Waals surface area (Å²) in [5.41, 5.74) is 1.03. The molecule has 0 radical (unpaired) electrons. The number of rotatable bonds is 7. The third-order valence-electron chi connectivity index (χ3n) is 5.13. The number of carbonyl (C=O) groups is 2. The summed E-state index contributed by atoms with van der Waals surface area (Å²) in [6, 6.07) is 7.73. The predicted octanol–water partition coefficient (Wildman–Crippen LogP) is 3.48. The molecule has 1 atom stereocenters. The van der Waals surface area contributed by atoms with E-state index in [2.05, 4.69) is 15.6 Å². The van der Waals surface area contributed by atoms with Crippen molar-refractivity contribution in [3.63, 3.8) is 0 Å². The Morgan fingerprint density at radius 2 is 1.64 bits per heavy atom. The number of benzene rings is 2. The molecule has 4 rings (SSSR count). The van der Waals surface area contributed by atoms with Gasteiger partial charge in [0.05, 0.1) is 24.4 Å². The van der Waals surface area contributed by atoms with E-state index >= 15 is 0 Å². The number of hydrogen-bond donors (Lipinski definition) is 2. The van der Waals surface area contributed by atoms with E-state index in [4.69, 9.17) is 18.9 Å². The number of anilines is 1. The number of nitrogens with one attached hydrogen (secondary N) is 2. The minimum absolute atomic E-state index is 0.162. The molecule has 10 heteroatoms. The zero-order valence-electron chi connectivity index (χ0n) is 18.8. The summed E-state index contributed by atoms with van der Waals surface area (Å²) in [5, 5.41) is 6.07. The van der Waals surface area contributed by atoms with Gasteiger partial charge in [-0.25, -0.2) is 4.98 Å². The summed E-state index contributed by atoms with van der Waals surface area (Å²) in [4.78, 5) is 30.4. The lowest BCUT2D eigenvalue weighted by Gasteiger charge is -2.21. The third-order valence-corrected chi connectivity index (χ3v) is 6.07. The van der Waals surface area contributed by atoms with Crippen molar-refractivity contribution in [2.24, 2.45) is 5.92 Å². The lowest BCUT2D eigenvalue weighted by molar-refractivity contribution is -0.118. The van der Waals surface area contributed by atoms with Crippen LogP contribution in [0.4, 0.5) is 5.13 Å². The summed E-state index contributed by atoms with van der Waals surface area (Å²) in [5.74, 6) is 1.33. The molecule has 9 nitrogen and oxygen atoms in total. The summed E-state index contributed by atoms with van der Waals surface area (Å²) in [7, 11) is 3.01. The number of ether oxygens (including phenoxy) is 4. The summed E-state index contributed by atoms with van der Waals surface area (Å²) < 4.78 is 22.5. The summed E-state index contributed by atoms with van der Waals surface area (Å²) >= 11 is 1.33. The molecule has 3 aromatic rings. The first kappa shape index (κ1) is 22.7. The number of carbonyl (C=O) groups excluding carboxylic acids is 2. The molecule has 2 amide bonds. The van der Waals surface area contributed by atoms with Gasteiger partial charge in [0, 0.05) is 23.8 Å². The second-order valence-electron chi connectivity index (χ2n) is 7.77. The van der Waals surface area contributed by atoms with Crippen LogP contribution in [0.5, 0.6) is 23.0 Å². The molecule has 1 aliphatic rings. The normalized spacial score (nSPS) is 13.5. The Kier molecular flexibility index (Phi) is 6.55. The van der Waals surface area contributed by atoms with Crippen LogP contribution >= 0.6 is 11.3 Å². The van der Waals surface area contributed by atoms with Gasteiger partial charge in [-0.15, -0.1) is 0 Å². The van der Waals surface area contributed by atoms with Crippen molar-refractivity contribution < 1.29 is 28.5 Å². The predicted molar refractivity (Wildman–Crippen MR) is 125 cm³/mol. The van der Waals surface area contributed by atoms with Gasteiger partial charge in [-0.05, 0) is 18.1 Å². The standard InChI is InChI=1S/C23H25N3O6S/c1-12(2)20(25-21(27)13-7-14(29-3)9-15(8-13)30-4)22(28)26-23-24-16-10-17-18(11-19(16)33-23)32-6-5-31-17/h7-12,20H,5-6H2,1-4H3,(H,25,27)(H,24,26,28)/t20-/m0/s1. The first-order valence-electron chi connectivity index (χ1n) is 10.4. The van der Waals surface area contributed by atoms with Crippen LogP contribution in [0.15, 0.2) is 30.3 Å². The van der Waals surface area contributed by atoms with E-state index < -0.39 is 11.9 Å². The van der Waals surface area contributed by atoms with E-state index in [1.165, 1.54) is 25.6 Å². The molecule has 2 aromatic carbocycles. The average molecular weight is 472 g/mol. The smallest absolute Gasteiger partial charge is 0.252 e. The Balaban J connectivity index is 1.51. The van der Waals surface area contributed by atoms with Crippen molar-refractivity contribution in [2.75, 3.05) is 32.8 Å². The van der Waals surface area contributed by atoms with Crippen LogP contribution in [-0.4, -0.2) is 50.3 Å². The number of fused-ring (bicyclic) bond motifs is 2. The van der Waals surface area contributed by atoms with Gasteiger partial charge < -0.3 is 29.6 Å². The van der Waals surface area contributed by atoms with E-state index in [-0.39, 0.29) is 11.8 Å². The minimum atomic E-state index is -0.776. The zero-order valence-corrected chi connectivity index (χ0v) is 19.6. The van der Waals surface area contributed by atoms with Crippen LogP contribution in [0.2, 0.25) is 0 Å². The quantitative estimate of drug-likeness (QED) is 0.543. The molecule has 0 bridgehead atoms. The van der Waals surface area contributed by atoms with Gasteiger partial charge in [-0.2, -0.15) is 0 Å². The average Bonchev–Trinajstić information content (AvgIpc) is 3.20. The van der Waals surface area contributed by atoms with Crippen molar-refractivity contribution in [2.45, 2.75) is 19.9 Å². The molecule has 1 aromatic heterocycles. The Morgan fingerprint density at radius 3 is 2.24 bits per heavy atom. The third kappa shape index (κ3) is 4.95. The minimum Gasteiger partial charge on any atom is -0.497 e. The molecule has 0 fully saturated rings. The van der Waals surface area contributed by atoms with E-state index in [1.54, 1.807) is 24.3 Å². The van der Waals surface area contributed by atoms with E-state index in [9.17, 15) is 9.59 Å². The van der Waals surface area contributed by atoms with Gasteiger partial charge in [-0.1, -0.05) is 25.2 Å². The molecular weight excluding hydrogens is 446 g/mol. The van der Waals surface area contributed by atoms with Crippen LogP contribution in [0.25, 0.3) is 10.2 Å². The van der Waals surface area contributed by atoms with E-state index in [0.29, 0.717) is 52.4 Å². The van der Waals surface area contributed by atoms with Gasteiger partial charge in [-0.3, -0.25) is 9.59 Å². The number of amides is 2. The fraction of sp³-hybridized carbons (Fsp3) is 0.348. The second-order valence-corrected chi connectivity index (χ2v) is 8.80. The molecule has 0 aliphatic carbocycles.